The molecule has 4 fully saturated rings. The van der Waals surface area contributed by atoms with Crippen molar-refractivity contribution >= 4 is 5.71 Å². The van der Waals surface area contributed by atoms with Crippen LogP contribution in [-0.2, 0) is 4.74 Å². The molecule has 4 aliphatic carbocycles. The van der Waals surface area contributed by atoms with Crippen molar-refractivity contribution in [2.24, 2.45) is 57.4 Å². The molecule has 31 heavy (non-hydrogen) atoms. The zero-order valence-electron chi connectivity index (χ0n) is 24.8. The summed E-state index contributed by atoms with van der Waals surface area (Å²) in [7, 11) is 1.44. The molecule has 0 aromatic carbocycles. The topological polar surface area (TPSA) is 41.8 Å². The Hall–Kier alpha value is -0.570. The van der Waals surface area contributed by atoms with E-state index in [1.807, 2.05) is 6.92 Å². The van der Waals surface area contributed by atoms with E-state index in [0.717, 1.165) is 31.1 Å². The number of methoxy groups -OCH3 is 1. The van der Waals surface area contributed by atoms with Crippen molar-refractivity contribution < 1.29 is 15.4 Å². The van der Waals surface area contributed by atoms with Crippen molar-refractivity contribution in [2.45, 2.75) is 111 Å². The summed E-state index contributed by atoms with van der Waals surface area (Å²) in [6.07, 6.45) is 5.60. The van der Waals surface area contributed by atoms with E-state index in [4.69, 9.17) is 6.11 Å². The molecule has 4 aliphatic rings. The summed E-state index contributed by atoms with van der Waals surface area (Å²) >= 11 is 0. The maximum atomic E-state index is 9.92. The fourth-order valence-electron chi connectivity index (χ4n) is 8.62. The van der Waals surface area contributed by atoms with Crippen molar-refractivity contribution in [1.29, 1.82) is 0 Å². The van der Waals surface area contributed by atoms with E-state index in [9.17, 15) is 9.32 Å². The SMILES string of the molecule is [2H][C@H]1/C(=N\O)[C@]2([2H])CC[C@H]3[C@@H]4CC[C@H]([C@H](C)CCCC(C)C)[C@@]4(C)CC[C@@H]3[C@@]2(C)C([2H])([2H])[C@H]1OC. The third-order valence-electron chi connectivity index (χ3n) is 10.2. The maximum absolute atomic E-state index is 9.92. The largest absolute Gasteiger partial charge is 0.411 e. The molecule has 0 heterocycles. The summed E-state index contributed by atoms with van der Waals surface area (Å²) in [5, 5.41) is 13.4. The van der Waals surface area contributed by atoms with E-state index in [0.29, 0.717) is 24.2 Å². The van der Waals surface area contributed by atoms with Gasteiger partial charge in [0, 0.05) is 24.9 Å². The van der Waals surface area contributed by atoms with Gasteiger partial charge in [0.05, 0.1) is 11.8 Å². The van der Waals surface area contributed by atoms with Crippen LogP contribution < -0.4 is 0 Å². The smallest absolute Gasteiger partial charge is 0.0632 e. The Morgan fingerprint density at radius 3 is 2.52 bits per heavy atom. The van der Waals surface area contributed by atoms with Crippen molar-refractivity contribution in [2.75, 3.05) is 7.11 Å². The summed E-state index contributed by atoms with van der Waals surface area (Å²) in [4.78, 5) is 0. The third kappa shape index (κ3) is 4.00. The van der Waals surface area contributed by atoms with E-state index in [-0.39, 0.29) is 17.0 Å². The van der Waals surface area contributed by atoms with Gasteiger partial charge >= 0.3 is 0 Å². The van der Waals surface area contributed by atoms with Crippen LogP contribution in [0.5, 0.6) is 0 Å². The Morgan fingerprint density at radius 2 is 1.84 bits per heavy atom. The molecule has 0 saturated heterocycles. The highest BCUT2D eigenvalue weighted by atomic mass is 16.5. The number of hydrogen-bond acceptors (Lipinski definition) is 3. The average Bonchev–Trinajstić information content (AvgIpc) is 3.13. The predicted molar refractivity (Wildman–Crippen MR) is 128 cm³/mol. The molecule has 0 unspecified atom stereocenters. The van der Waals surface area contributed by atoms with Gasteiger partial charge < -0.3 is 9.94 Å². The van der Waals surface area contributed by atoms with E-state index < -0.39 is 30.2 Å². The van der Waals surface area contributed by atoms with Gasteiger partial charge in [-0.15, -0.1) is 0 Å². The Balaban J connectivity index is 1.65. The Morgan fingerprint density at radius 1 is 1.10 bits per heavy atom. The third-order valence-corrected chi connectivity index (χ3v) is 10.2. The summed E-state index contributed by atoms with van der Waals surface area (Å²) in [5.41, 5.74) is -0.688. The van der Waals surface area contributed by atoms with Crippen LogP contribution in [0.3, 0.4) is 0 Å². The molecular weight excluding hydrogens is 382 g/mol. The molecule has 0 aromatic rings. The average molecular weight is 436 g/mol. The lowest BCUT2D eigenvalue weighted by molar-refractivity contribution is -0.111. The van der Waals surface area contributed by atoms with Crippen LogP contribution in [-0.4, -0.2) is 24.1 Å². The minimum absolute atomic E-state index is 0.0266. The van der Waals surface area contributed by atoms with Crippen LogP contribution in [0.1, 0.15) is 111 Å². The quantitative estimate of drug-likeness (QED) is 0.345. The second-order valence-corrected chi connectivity index (χ2v) is 12.1. The molecule has 0 aromatic heterocycles. The van der Waals surface area contributed by atoms with Crippen LogP contribution in [0.25, 0.3) is 0 Å². The number of oxime groups is 1. The van der Waals surface area contributed by atoms with E-state index >= 15 is 0 Å². The van der Waals surface area contributed by atoms with Gasteiger partial charge in [-0.1, -0.05) is 59.0 Å². The summed E-state index contributed by atoms with van der Waals surface area (Å²) in [5.74, 6) is 1.77. The maximum Gasteiger partial charge on any atom is 0.0632 e. The Kier molecular flexibility index (Phi) is 5.46. The lowest BCUT2D eigenvalue weighted by Crippen LogP contribution is -2.57. The second kappa shape index (κ2) is 8.99. The molecular formula is C28H49NO2. The molecule has 3 nitrogen and oxygen atoms in total. The fourth-order valence-corrected chi connectivity index (χ4v) is 8.62. The van der Waals surface area contributed by atoms with Crippen LogP contribution in [0.4, 0.5) is 0 Å². The highest BCUT2D eigenvalue weighted by Gasteiger charge is 2.61. The van der Waals surface area contributed by atoms with E-state index in [2.05, 4.69) is 32.9 Å². The first kappa shape index (κ1) is 18.8. The number of hydrogen-bond donors (Lipinski definition) is 1. The molecule has 0 amide bonds. The molecule has 3 heteroatoms. The standard InChI is InChI=1S/C28H49NO2/c1-18(2)8-7-9-19(3)22-12-13-23-21-10-11-25-26(29-30)16-20(31-6)17-28(25,5)24(21)14-15-27(22,23)4/h18-25,30H,7-17H2,1-6H3/b29-26+/t19-,20+,21+,22-,23+,24+,25+,27-,28-/m1/s1/i16D,17D2,25D/t16-,19-,20+,21+,22-,23+,24+,25+,27-,28-. The zero-order valence-corrected chi connectivity index (χ0v) is 20.8. The van der Waals surface area contributed by atoms with Gasteiger partial charge in [-0.05, 0) is 91.2 Å². The highest BCUT2D eigenvalue weighted by Crippen LogP contribution is 2.68. The summed E-state index contributed by atoms with van der Waals surface area (Å²) < 4.78 is 42.3. The first-order valence-electron chi connectivity index (χ1n) is 15.1. The molecule has 0 spiro atoms. The van der Waals surface area contributed by atoms with Gasteiger partial charge in [0.15, 0.2) is 0 Å². The van der Waals surface area contributed by atoms with Gasteiger partial charge in [0.25, 0.3) is 0 Å². The van der Waals surface area contributed by atoms with Crippen LogP contribution in [0.15, 0.2) is 5.16 Å². The number of nitrogens with zero attached hydrogens (tertiary/aromatic N) is 1. The van der Waals surface area contributed by atoms with E-state index in [1.165, 1.54) is 39.2 Å². The molecule has 1 N–H and O–H groups in total. The van der Waals surface area contributed by atoms with Gasteiger partial charge in [-0.25, -0.2) is 0 Å². The molecule has 4 rings (SSSR count). The minimum atomic E-state index is -1.86. The van der Waals surface area contributed by atoms with Gasteiger partial charge in [-0.3, -0.25) is 0 Å². The molecule has 0 radical (unpaired) electrons. The molecule has 4 saturated carbocycles. The lowest BCUT2D eigenvalue weighted by atomic mass is 9.44. The summed E-state index contributed by atoms with van der Waals surface area (Å²) in [6, 6.07) is 0. The normalized spacial score (nSPS) is 55.4. The van der Waals surface area contributed by atoms with Gasteiger partial charge in [0.2, 0.25) is 0 Å². The monoisotopic (exact) mass is 435 g/mol. The molecule has 178 valence electrons. The highest BCUT2D eigenvalue weighted by molar-refractivity contribution is 5.88. The fraction of sp³-hybridized carbons (Fsp3) is 0.964. The number of fused-ring (bicyclic) bond motifs is 5. The van der Waals surface area contributed by atoms with Crippen molar-refractivity contribution in [3.8, 4) is 0 Å². The number of ether oxygens (including phenoxy) is 1. The van der Waals surface area contributed by atoms with E-state index in [1.54, 1.807) is 0 Å². The Bertz CT molecular complexity index is 821. The summed E-state index contributed by atoms with van der Waals surface area (Å²) in [6.45, 7) is 11.5. The van der Waals surface area contributed by atoms with Crippen molar-refractivity contribution in [3.05, 3.63) is 0 Å². The van der Waals surface area contributed by atoms with Crippen LogP contribution in [0, 0.1) is 52.2 Å². The van der Waals surface area contributed by atoms with Gasteiger partial charge in [0.1, 0.15) is 0 Å². The molecule has 0 aliphatic heterocycles. The van der Waals surface area contributed by atoms with Crippen LogP contribution >= 0.6 is 0 Å². The van der Waals surface area contributed by atoms with Crippen LogP contribution in [0.2, 0.25) is 0 Å². The lowest BCUT2D eigenvalue weighted by Gasteiger charge is -2.61. The predicted octanol–water partition coefficient (Wildman–Crippen LogP) is 7.56. The van der Waals surface area contributed by atoms with Crippen molar-refractivity contribution in [3.63, 3.8) is 0 Å². The van der Waals surface area contributed by atoms with Crippen molar-refractivity contribution in [1.82, 2.24) is 0 Å². The minimum Gasteiger partial charge on any atom is -0.411 e. The molecule has 10 atom stereocenters. The first-order valence-corrected chi connectivity index (χ1v) is 13.0. The number of rotatable bonds is 6. The Labute approximate surface area is 197 Å². The van der Waals surface area contributed by atoms with Gasteiger partial charge in [-0.2, -0.15) is 0 Å². The molecule has 0 bridgehead atoms. The zero-order chi connectivity index (χ0) is 26.0. The first-order chi connectivity index (χ1) is 16.3. The second-order valence-electron chi connectivity index (χ2n) is 12.1.